The summed E-state index contributed by atoms with van der Waals surface area (Å²) in [5.41, 5.74) is 2.45. The van der Waals surface area contributed by atoms with Crippen molar-refractivity contribution in [3.8, 4) is 0 Å². The summed E-state index contributed by atoms with van der Waals surface area (Å²) in [4.78, 5) is 16.2. The lowest BCUT2D eigenvalue weighted by atomic mass is 9.84. The molecule has 3 rings (SSSR count). The molecule has 1 unspecified atom stereocenters. The highest BCUT2D eigenvalue weighted by atomic mass is 35.5. The fourth-order valence-corrected chi connectivity index (χ4v) is 4.32. The molecule has 2 aromatic rings. The fourth-order valence-electron chi connectivity index (χ4n) is 4.07. The summed E-state index contributed by atoms with van der Waals surface area (Å²) >= 11 is 6.18. The Morgan fingerprint density at radius 1 is 1.32 bits per heavy atom. The van der Waals surface area contributed by atoms with Crippen molar-refractivity contribution in [1.29, 1.82) is 0 Å². The predicted octanol–water partition coefficient (Wildman–Crippen LogP) is 4.86. The molecule has 1 fully saturated rings. The van der Waals surface area contributed by atoms with Gasteiger partial charge in [-0.1, -0.05) is 61.7 Å². The average Bonchev–Trinajstić information content (AvgIpc) is 3.29. The number of aromatic nitrogens is 2. The minimum absolute atomic E-state index is 0.188. The van der Waals surface area contributed by atoms with Gasteiger partial charge in [0.15, 0.2) is 5.15 Å². The number of allylic oxidation sites excluding steroid dienone is 1. The molecular weight excluding hydrogens is 376 g/mol. The van der Waals surface area contributed by atoms with Crippen molar-refractivity contribution in [2.24, 2.45) is 5.92 Å². The first-order valence-corrected chi connectivity index (χ1v) is 10.3. The number of imidazole rings is 1. The van der Waals surface area contributed by atoms with Gasteiger partial charge in [0.2, 0.25) is 0 Å². The number of carboxylic acids is 1. The smallest absolute Gasteiger partial charge is 0.311 e. The number of aliphatic hydroxyl groups is 1. The number of hydrogen-bond donors (Lipinski definition) is 2. The molecule has 0 bridgehead atoms. The highest BCUT2D eigenvalue weighted by molar-refractivity contribution is 6.30. The molecule has 28 heavy (non-hydrogen) atoms. The standard InChI is InChI=1S/C22H27ClN2O3/c1-2-3-8-19-24-21(23)18(14-26)25(19)13-15-9-11-17(12-10-15)20(22(27)28)16-6-4-5-7-16/h3,8-12,16,20,26H,2,4-7,13-14H2,1H3,(H,27,28)/b8-3+. The molecule has 6 heteroatoms. The summed E-state index contributed by atoms with van der Waals surface area (Å²) in [6.07, 6.45) is 8.99. The maximum atomic E-state index is 11.8. The van der Waals surface area contributed by atoms with Gasteiger partial charge in [-0.15, -0.1) is 0 Å². The zero-order valence-corrected chi connectivity index (χ0v) is 16.9. The van der Waals surface area contributed by atoms with Crippen molar-refractivity contribution in [2.45, 2.75) is 58.1 Å². The first kappa shape index (κ1) is 20.6. The van der Waals surface area contributed by atoms with Crippen LogP contribution in [0, 0.1) is 5.92 Å². The summed E-state index contributed by atoms with van der Waals surface area (Å²) in [5.74, 6) is -0.247. The molecule has 5 nitrogen and oxygen atoms in total. The predicted molar refractivity (Wildman–Crippen MR) is 110 cm³/mol. The second-order valence-electron chi connectivity index (χ2n) is 7.36. The van der Waals surface area contributed by atoms with Crippen LogP contribution in [0.5, 0.6) is 0 Å². The van der Waals surface area contributed by atoms with E-state index in [9.17, 15) is 15.0 Å². The summed E-state index contributed by atoms with van der Waals surface area (Å²) in [6.45, 7) is 2.37. The van der Waals surface area contributed by atoms with Crippen LogP contribution >= 0.6 is 11.6 Å². The lowest BCUT2D eigenvalue weighted by Gasteiger charge is -2.20. The van der Waals surface area contributed by atoms with E-state index < -0.39 is 11.9 Å². The van der Waals surface area contributed by atoms with Crippen molar-refractivity contribution >= 4 is 23.6 Å². The Morgan fingerprint density at radius 2 is 2.00 bits per heavy atom. The van der Waals surface area contributed by atoms with E-state index in [0.29, 0.717) is 23.2 Å². The quantitative estimate of drug-likeness (QED) is 0.661. The van der Waals surface area contributed by atoms with Crippen LogP contribution in [0.3, 0.4) is 0 Å². The van der Waals surface area contributed by atoms with Gasteiger partial charge in [0.05, 0.1) is 18.2 Å². The van der Waals surface area contributed by atoms with Crippen LogP contribution in [-0.2, 0) is 17.9 Å². The van der Waals surface area contributed by atoms with E-state index in [1.807, 2.05) is 47.9 Å². The zero-order chi connectivity index (χ0) is 20.1. The third kappa shape index (κ3) is 4.47. The first-order chi connectivity index (χ1) is 13.5. The number of rotatable bonds is 8. The highest BCUT2D eigenvalue weighted by Crippen LogP contribution is 2.37. The fraction of sp³-hybridized carbons (Fsp3) is 0.455. The maximum absolute atomic E-state index is 11.8. The summed E-state index contributed by atoms with van der Waals surface area (Å²) in [5, 5.41) is 19.7. The van der Waals surface area contributed by atoms with Gasteiger partial charge in [0, 0.05) is 6.54 Å². The largest absolute Gasteiger partial charge is 0.481 e. The monoisotopic (exact) mass is 402 g/mol. The number of nitrogens with zero attached hydrogens (tertiary/aromatic N) is 2. The van der Waals surface area contributed by atoms with E-state index >= 15 is 0 Å². The molecular formula is C22H27ClN2O3. The van der Waals surface area contributed by atoms with Crippen LogP contribution in [0.4, 0.5) is 0 Å². The molecule has 1 saturated carbocycles. The lowest BCUT2D eigenvalue weighted by Crippen LogP contribution is -2.19. The lowest BCUT2D eigenvalue weighted by molar-refractivity contribution is -0.140. The van der Waals surface area contributed by atoms with Crippen molar-refractivity contribution in [3.05, 3.63) is 58.1 Å². The number of aliphatic hydroxyl groups excluding tert-OH is 1. The van der Waals surface area contributed by atoms with Crippen LogP contribution in [0.1, 0.15) is 67.6 Å². The third-order valence-corrected chi connectivity index (χ3v) is 5.83. The van der Waals surface area contributed by atoms with E-state index in [2.05, 4.69) is 4.98 Å². The van der Waals surface area contributed by atoms with Crippen LogP contribution in [-0.4, -0.2) is 25.7 Å². The molecule has 2 N–H and O–H groups in total. The Labute approximate surface area is 170 Å². The Balaban J connectivity index is 1.84. The second-order valence-corrected chi connectivity index (χ2v) is 7.72. The highest BCUT2D eigenvalue weighted by Gasteiger charge is 2.31. The Hall–Kier alpha value is -2.11. The number of carboxylic acid groups (broad SMARTS) is 1. The second kappa shape index (κ2) is 9.39. The van der Waals surface area contributed by atoms with Crippen molar-refractivity contribution < 1.29 is 15.0 Å². The molecule has 150 valence electrons. The van der Waals surface area contributed by atoms with E-state index in [-0.39, 0.29) is 12.5 Å². The summed E-state index contributed by atoms with van der Waals surface area (Å²) in [7, 11) is 0. The minimum Gasteiger partial charge on any atom is -0.481 e. The SMILES string of the molecule is CC/C=C/c1nc(Cl)c(CO)n1Cc1ccc(C(C(=O)O)C2CCCC2)cc1. The van der Waals surface area contributed by atoms with Gasteiger partial charge < -0.3 is 14.8 Å². The van der Waals surface area contributed by atoms with Gasteiger partial charge in [-0.25, -0.2) is 4.98 Å². The van der Waals surface area contributed by atoms with Gasteiger partial charge in [-0.05, 0) is 42.4 Å². The zero-order valence-electron chi connectivity index (χ0n) is 16.1. The molecule has 0 amide bonds. The first-order valence-electron chi connectivity index (χ1n) is 9.89. The normalized spacial score (nSPS) is 16.1. The van der Waals surface area contributed by atoms with E-state index in [1.165, 1.54) is 0 Å². The van der Waals surface area contributed by atoms with Crippen LogP contribution in [0.15, 0.2) is 30.3 Å². The summed E-state index contributed by atoms with van der Waals surface area (Å²) in [6, 6.07) is 7.77. The molecule has 0 radical (unpaired) electrons. The minimum atomic E-state index is -0.740. The van der Waals surface area contributed by atoms with Gasteiger partial charge >= 0.3 is 5.97 Å². The van der Waals surface area contributed by atoms with Crippen molar-refractivity contribution in [2.75, 3.05) is 0 Å². The van der Waals surface area contributed by atoms with Crippen molar-refractivity contribution in [1.82, 2.24) is 9.55 Å². The number of hydrogen-bond acceptors (Lipinski definition) is 3. The van der Waals surface area contributed by atoms with Gasteiger partial charge in [0.1, 0.15) is 5.82 Å². The molecule has 1 aliphatic rings. The Morgan fingerprint density at radius 3 is 2.57 bits per heavy atom. The van der Waals surface area contributed by atoms with Gasteiger partial charge in [0.25, 0.3) is 0 Å². The number of aliphatic carboxylic acids is 1. The molecule has 0 spiro atoms. The number of carbonyl (C=O) groups is 1. The molecule has 1 aromatic heterocycles. The van der Waals surface area contributed by atoms with Crippen molar-refractivity contribution in [3.63, 3.8) is 0 Å². The maximum Gasteiger partial charge on any atom is 0.311 e. The van der Waals surface area contributed by atoms with E-state index in [0.717, 1.165) is 43.2 Å². The van der Waals surface area contributed by atoms with E-state index in [4.69, 9.17) is 11.6 Å². The molecule has 1 atom stereocenters. The Kier molecular flexibility index (Phi) is 6.92. The van der Waals surface area contributed by atoms with Crippen LogP contribution in [0.2, 0.25) is 5.15 Å². The molecule has 1 aromatic carbocycles. The molecule has 1 aliphatic carbocycles. The molecule has 1 heterocycles. The number of benzene rings is 1. The van der Waals surface area contributed by atoms with Gasteiger partial charge in [-0.3, -0.25) is 4.79 Å². The summed E-state index contributed by atoms with van der Waals surface area (Å²) < 4.78 is 1.90. The number of halogens is 1. The topological polar surface area (TPSA) is 75.4 Å². The third-order valence-electron chi connectivity index (χ3n) is 5.52. The Bertz CT molecular complexity index is 836. The van der Waals surface area contributed by atoms with E-state index in [1.54, 1.807) is 0 Å². The average molecular weight is 403 g/mol. The van der Waals surface area contributed by atoms with Crippen LogP contribution < -0.4 is 0 Å². The van der Waals surface area contributed by atoms with Crippen LogP contribution in [0.25, 0.3) is 6.08 Å². The molecule has 0 saturated heterocycles. The van der Waals surface area contributed by atoms with Gasteiger partial charge in [-0.2, -0.15) is 0 Å². The molecule has 0 aliphatic heterocycles.